The summed E-state index contributed by atoms with van der Waals surface area (Å²) in [4.78, 5) is 12.1. The molecule has 0 bridgehead atoms. The van der Waals surface area contributed by atoms with Gasteiger partial charge in [-0.3, -0.25) is 10.1 Å². The average molecular weight is 378 g/mol. The number of benzene rings is 1. The van der Waals surface area contributed by atoms with Gasteiger partial charge in [-0.15, -0.1) is 11.3 Å². The highest BCUT2D eigenvalue weighted by Crippen LogP contribution is 2.41. The van der Waals surface area contributed by atoms with Crippen LogP contribution in [0.1, 0.15) is 40.9 Å². The van der Waals surface area contributed by atoms with E-state index in [4.69, 9.17) is 27.7 Å². The normalized spacial score (nSPS) is 15.2. The fourth-order valence-electron chi connectivity index (χ4n) is 3.48. The highest BCUT2D eigenvalue weighted by atomic mass is 32.1. The summed E-state index contributed by atoms with van der Waals surface area (Å²) in [5.41, 5.74) is 24.2. The Bertz CT molecular complexity index is 783. The van der Waals surface area contributed by atoms with Gasteiger partial charge in [0.1, 0.15) is 16.9 Å². The van der Waals surface area contributed by atoms with Crippen molar-refractivity contribution in [2.24, 2.45) is 23.1 Å². The maximum absolute atomic E-state index is 11.7. The number of carbonyl (C=O) groups excluding carboxylic acids is 1. The molecule has 26 heavy (non-hydrogen) atoms. The molecular weight excluding hydrogens is 350 g/mol. The van der Waals surface area contributed by atoms with Crippen LogP contribution in [0.2, 0.25) is 0 Å². The van der Waals surface area contributed by atoms with Gasteiger partial charge in [-0.2, -0.15) is 0 Å². The van der Waals surface area contributed by atoms with Crippen molar-refractivity contribution in [3.05, 3.63) is 22.6 Å². The molecule has 0 radical (unpaired) electrons. The molecule has 1 aliphatic carbocycles. The molecule has 3 rings (SSSR count). The Hall–Kier alpha value is -1.87. The molecule has 1 aromatic carbocycles. The van der Waals surface area contributed by atoms with E-state index in [1.807, 2.05) is 12.1 Å². The highest BCUT2D eigenvalue weighted by Gasteiger charge is 2.20. The molecule has 0 saturated heterocycles. The number of primary amides is 1. The molecule has 1 amide bonds. The Morgan fingerprint density at radius 2 is 2.04 bits per heavy atom. The largest absolute Gasteiger partial charge is 0.493 e. The topological polar surface area (TPSA) is 142 Å². The number of ether oxygens (including phenoxy) is 1. The third-order valence-corrected chi connectivity index (χ3v) is 5.99. The quantitative estimate of drug-likeness (QED) is 0.441. The minimum atomic E-state index is -0.546. The van der Waals surface area contributed by atoms with Gasteiger partial charge in [-0.1, -0.05) is 12.8 Å². The number of thiophene rings is 1. The zero-order chi connectivity index (χ0) is 18.7. The van der Waals surface area contributed by atoms with E-state index in [-0.39, 0.29) is 0 Å². The second-order valence-electron chi connectivity index (χ2n) is 6.87. The maximum atomic E-state index is 11.7. The van der Waals surface area contributed by atoms with Crippen molar-refractivity contribution in [3.63, 3.8) is 0 Å². The van der Waals surface area contributed by atoms with E-state index in [9.17, 15) is 4.79 Å². The van der Waals surface area contributed by atoms with Crippen LogP contribution in [0.25, 0.3) is 10.1 Å². The van der Waals surface area contributed by atoms with E-state index >= 15 is 0 Å². The van der Waals surface area contributed by atoms with Crippen LogP contribution in [0.3, 0.4) is 0 Å². The Morgan fingerprint density at radius 3 is 2.69 bits per heavy atom. The third-order valence-electron chi connectivity index (χ3n) is 4.82. The molecule has 1 aliphatic rings. The molecule has 1 aromatic heterocycles. The van der Waals surface area contributed by atoms with Crippen molar-refractivity contribution >= 4 is 33.0 Å². The van der Waals surface area contributed by atoms with Crippen LogP contribution in [-0.2, 0) is 6.42 Å². The van der Waals surface area contributed by atoms with Gasteiger partial charge < -0.3 is 27.7 Å². The number of fused-ring (bicyclic) bond motifs is 1. The molecule has 0 aliphatic heterocycles. The Morgan fingerprint density at radius 1 is 1.31 bits per heavy atom. The summed E-state index contributed by atoms with van der Waals surface area (Å²) < 4.78 is 7.06. The van der Waals surface area contributed by atoms with Crippen LogP contribution in [0.4, 0.5) is 5.69 Å². The molecule has 1 saturated carbocycles. The summed E-state index contributed by atoms with van der Waals surface area (Å²) in [5.74, 6) is 0.798. The number of hydrogen-bond acceptors (Lipinski definition) is 7. The first-order chi connectivity index (χ1) is 12.5. The summed E-state index contributed by atoms with van der Waals surface area (Å²) in [6, 6.07) is 4.02. The van der Waals surface area contributed by atoms with Gasteiger partial charge >= 0.3 is 0 Å². The van der Waals surface area contributed by atoms with E-state index in [1.165, 1.54) is 37.0 Å². The van der Waals surface area contributed by atoms with Crippen molar-refractivity contribution in [2.75, 3.05) is 18.9 Å². The Balaban J connectivity index is 1.89. The van der Waals surface area contributed by atoms with Crippen LogP contribution < -0.4 is 33.0 Å². The first-order valence-electron chi connectivity index (χ1n) is 8.97. The van der Waals surface area contributed by atoms with Gasteiger partial charge in [-0.05, 0) is 42.9 Å². The lowest BCUT2D eigenvalue weighted by molar-refractivity contribution is 0.100. The maximum Gasteiger partial charge on any atom is 0.260 e. The molecular formula is C18H27N5O2S. The molecule has 1 fully saturated rings. The van der Waals surface area contributed by atoms with Gasteiger partial charge in [0.2, 0.25) is 0 Å². The third kappa shape index (κ3) is 4.27. The van der Waals surface area contributed by atoms with Gasteiger partial charge in [0.25, 0.3) is 5.91 Å². The number of rotatable bonds is 8. The number of anilines is 1. The van der Waals surface area contributed by atoms with E-state index < -0.39 is 12.2 Å². The van der Waals surface area contributed by atoms with Gasteiger partial charge in [0.05, 0.1) is 17.7 Å². The Kier molecular flexibility index (Phi) is 5.98. The van der Waals surface area contributed by atoms with Crippen molar-refractivity contribution in [1.29, 1.82) is 0 Å². The monoisotopic (exact) mass is 377 g/mol. The first-order valence-corrected chi connectivity index (χ1v) is 9.79. The smallest absolute Gasteiger partial charge is 0.260 e. The lowest BCUT2D eigenvalue weighted by Crippen LogP contribution is -2.45. The standard InChI is InChI=1S/C18H27N5O2S/c19-15-14-12(25-9-10-3-1-2-4-10)7-11(5-6-23-18(21)22)8-13(14)26-16(15)17(20)24/h7-8,10,18,23H,1-6,9,19,21-22H2,(H2,20,24). The first kappa shape index (κ1) is 18.9. The molecule has 0 spiro atoms. The van der Waals surface area contributed by atoms with Crippen molar-refractivity contribution < 1.29 is 9.53 Å². The zero-order valence-corrected chi connectivity index (χ0v) is 15.6. The predicted molar refractivity (Wildman–Crippen MR) is 106 cm³/mol. The highest BCUT2D eigenvalue weighted by molar-refractivity contribution is 7.21. The molecule has 2 aromatic rings. The number of amides is 1. The molecule has 1 heterocycles. The second-order valence-corrected chi connectivity index (χ2v) is 7.92. The lowest BCUT2D eigenvalue weighted by atomic mass is 10.1. The number of nitrogen functional groups attached to an aromatic ring is 1. The molecule has 9 N–H and O–H groups in total. The van der Waals surface area contributed by atoms with Crippen LogP contribution in [-0.4, -0.2) is 25.3 Å². The van der Waals surface area contributed by atoms with Gasteiger partial charge in [-0.25, -0.2) is 0 Å². The number of carbonyl (C=O) groups is 1. The summed E-state index contributed by atoms with van der Waals surface area (Å²) >= 11 is 1.31. The molecule has 0 atom stereocenters. The van der Waals surface area contributed by atoms with Crippen molar-refractivity contribution in [3.8, 4) is 5.75 Å². The minimum Gasteiger partial charge on any atom is -0.493 e. The summed E-state index contributed by atoms with van der Waals surface area (Å²) in [6.45, 7) is 1.32. The lowest BCUT2D eigenvalue weighted by Gasteiger charge is -2.14. The van der Waals surface area contributed by atoms with E-state index in [1.54, 1.807) is 0 Å². The predicted octanol–water partition coefficient (Wildman–Crippen LogP) is 1.48. The second kappa shape index (κ2) is 8.22. The molecule has 142 valence electrons. The van der Waals surface area contributed by atoms with E-state index in [2.05, 4.69) is 5.32 Å². The minimum absolute atomic E-state index is 0.380. The fraction of sp³-hybridized carbons (Fsp3) is 0.500. The van der Waals surface area contributed by atoms with Crippen molar-refractivity contribution in [1.82, 2.24) is 5.32 Å². The summed E-state index contributed by atoms with van der Waals surface area (Å²) in [6.07, 6.45) is 5.13. The van der Waals surface area contributed by atoms with Crippen LogP contribution in [0.5, 0.6) is 5.75 Å². The van der Waals surface area contributed by atoms with E-state index in [0.29, 0.717) is 29.6 Å². The molecule has 7 nitrogen and oxygen atoms in total. The fourth-order valence-corrected chi connectivity index (χ4v) is 4.53. The SMILES string of the molecule is NC(=O)c1sc2cc(CCNC(N)N)cc(OCC3CCCC3)c2c1N. The van der Waals surface area contributed by atoms with Gasteiger partial charge in [0.15, 0.2) is 0 Å². The summed E-state index contributed by atoms with van der Waals surface area (Å²) in [7, 11) is 0. The number of nitrogens with two attached hydrogens (primary N) is 4. The Labute approximate surface area is 157 Å². The van der Waals surface area contributed by atoms with Crippen LogP contribution in [0, 0.1) is 5.92 Å². The van der Waals surface area contributed by atoms with Crippen LogP contribution in [0.15, 0.2) is 12.1 Å². The van der Waals surface area contributed by atoms with Gasteiger partial charge in [0, 0.05) is 11.2 Å². The number of nitrogens with one attached hydrogen (secondary N) is 1. The average Bonchev–Trinajstić information content (AvgIpc) is 3.20. The zero-order valence-electron chi connectivity index (χ0n) is 14.8. The molecule has 8 heteroatoms. The van der Waals surface area contributed by atoms with Crippen molar-refractivity contribution in [2.45, 2.75) is 38.4 Å². The summed E-state index contributed by atoms with van der Waals surface area (Å²) in [5, 5.41) is 3.78. The van der Waals surface area contributed by atoms with E-state index in [0.717, 1.165) is 27.8 Å². The van der Waals surface area contributed by atoms with Crippen LogP contribution >= 0.6 is 11.3 Å². The molecule has 0 unspecified atom stereocenters. The number of hydrogen-bond donors (Lipinski definition) is 5.